The van der Waals surface area contributed by atoms with Gasteiger partial charge in [0.05, 0.1) is 16.5 Å². The molecule has 3 aromatic carbocycles. The van der Waals surface area contributed by atoms with Crippen LogP contribution >= 0.6 is 0 Å². The fourth-order valence-electron chi connectivity index (χ4n) is 3.50. The number of nitrogens with zero attached hydrogens (tertiary/aromatic N) is 2. The molecule has 0 aliphatic carbocycles. The zero-order valence-corrected chi connectivity index (χ0v) is 18.5. The molecule has 0 spiro atoms. The average Bonchev–Trinajstić information content (AvgIpc) is 2.81. The lowest BCUT2D eigenvalue weighted by atomic mass is 10.0. The summed E-state index contributed by atoms with van der Waals surface area (Å²) in [5.41, 5.74) is 2.75. The van der Waals surface area contributed by atoms with Gasteiger partial charge in [0, 0.05) is 31.3 Å². The molecule has 0 saturated carbocycles. The Hall–Kier alpha value is -4.26. The summed E-state index contributed by atoms with van der Waals surface area (Å²) in [6, 6.07) is 22.9. The molecule has 3 rings (SSSR count). The first kappa shape index (κ1) is 23.4. The molecular weight excluding hydrogens is 418 g/mol. The molecule has 1 unspecified atom stereocenters. The minimum atomic E-state index is -0.470. The van der Waals surface area contributed by atoms with Crippen molar-refractivity contribution in [2.45, 2.75) is 26.4 Å². The molecule has 168 valence electrons. The third kappa shape index (κ3) is 6.36. The fourth-order valence-corrected chi connectivity index (χ4v) is 3.50. The molecular formula is C26H25N3O4. The lowest BCUT2D eigenvalue weighted by Crippen LogP contribution is -2.32. The number of nitro groups is 1. The molecule has 0 aliphatic rings. The van der Waals surface area contributed by atoms with Crippen LogP contribution in [0.5, 0.6) is 0 Å². The van der Waals surface area contributed by atoms with Gasteiger partial charge >= 0.3 is 0 Å². The van der Waals surface area contributed by atoms with E-state index in [1.165, 1.54) is 25.1 Å². The van der Waals surface area contributed by atoms with Gasteiger partial charge in [-0.15, -0.1) is 0 Å². The van der Waals surface area contributed by atoms with Crippen LogP contribution in [0.15, 0.2) is 84.9 Å². The summed E-state index contributed by atoms with van der Waals surface area (Å²) in [5.74, 6) is -0.459. The number of carbonyl (C=O) groups is 2. The Labute approximate surface area is 192 Å². The van der Waals surface area contributed by atoms with Gasteiger partial charge in [0.1, 0.15) is 0 Å². The quantitative estimate of drug-likeness (QED) is 0.288. The standard InChI is InChI=1S/C26H25N3O4/c1-19(23-12-8-13-24(17-23)27-20(2)30)28(18-21-9-4-3-5-10-21)26(31)16-15-22-11-6-7-14-25(22)29(32)33/h3-17,19H,18H2,1-2H3,(H,27,30)/b16-15+. The number of carbonyl (C=O) groups excluding carboxylic acids is 2. The van der Waals surface area contributed by atoms with Crippen molar-refractivity contribution in [1.29, 1.82) is 0 Å². The van der Waals surface area contributed by atoms with Crippen LogP contribution in [-0.4, -0.2) is 21.6 Å². The zero-order valence-electron chi connectivity index (χ0n) is 18.5. The maximum atomic E-state index is 13.3. The van der Waals surface area contributed by atoms with Crippen LogP contribution in [0.25, 0.3) is 6.08 Å². The fraction of sp³-hybridized carbons (Fsp3) is 0.154. The zero-order chi connectivity index (χ0) is 23.8. The lowest BCUT2D eigenvalue weighted by Gasteiger charge is -2.29. The highest BCUT2D eigenvalue weighted by Crippen LogP contribution is 2.26. The van der Waals surface area contributed by atoms with Crippen molar-refractivity contribution in [3.05, 3.63) is 112 Å². The van der Waals surface area contributed by atoms with E-state index in [2.05, 4.69) is 5.32 Å². The van der Waals surface area contributed by atoms with Crippen LogP contribution < -0.4 is 5.32 Å². The summed E-state index contributed by atoms with van der Waals surface area (Å²) in [4.78, 5) is 37.2. The monoisotopic (exact) mass is 443 g/mol. The van der Waals surface area contributed by atoms with Crippen molar-refractivity contribution in [3.8, 4) is 0 Å². The Kier molecular flexibility index (Phi) is 7.70. The van der Waals surface area contributed by atoms with Crippen LogP contribution in [0.2, 0.25) is 0 Å². The Morgan fingerprint density at radius 3 is 2.42 bits per heavy atom. The highest BCUT2D eigenvalue weighted by molar-refractivity contribution is 5.93. The molecule has 7 nitrogen and oxygen atoms in total. The van der Waals surface area contributed by atoms with Gasteiger partial charge in [0.2, 0.25) is 11.8 Å². The van der Waals surface area contributed by atoms with E-state index in [9.17, 15) is 19.7 Å². The van der Waals surface area contributed by atoms with E-state index >= 15 is 0 Å². The molecule has 0 bridgehead atoms. The maximum Gasteiger partial charge on any atom is 0.276 e. The summed E-state index contributed by atoms with van der Waals surface area (Å²) in [7, 11) is 0. The summed E-state index contributed by atoms with van der Waals surface area (Å²) in [6.07, 6.45) is 2.83. The number of nitro benzene ring substituents is 1. The second-order valence-electron chi connectivity index (χ2n) is 7.58. The van der Waals surface area contributed by atoms with Gasteiger partial charge in [-0.2, -0.15) is 0 Å². The van der Waals surface area contributed by atoms with Gasteiger partial charge in [-0.1, -0.05) is 54.6 Å². The summed E-state index contributed by atoms with van der Waals surface area (Å²) < 4.78 is 0. The van der Waals surface area contributed by atoms with Crippen LogP contribution in [0.4, 0.5) is 11.4 Å². The molecule has 3 aromatic rings. The van der Waals surface area contributed by atoms with Gasteiger partial charge in [-0.05, 0) is 42.3 Å². The minimum absolute atomic E-state index is 0.0628. The number of para-hydroxylation sites is 1. The van der Waals surface area contributed by atoms with Gasteiger partial charge < -0.3 is 10.2 Å². The molecule has 0 aliphatic heterocycles. The minimum Gasteiger partial charge on any atom is -0.328 e. The molecule has 0 saturated heterocycles. The number of amides is 2. The molecule has 0 aromatic heterocycles. The summed E-state index contributed by atoms with van der Waals surface area (Å²) in [5, 5.41) is 14.1. The molecule has 1 atom stereocenters. The molecule has 0 fully saturated rings. The molecule has 1 N–H and O–H groups in total. The van der Waals surface area contributed by atoms with Crippen molar-refractivity contribution in [3.63, 3.8) is 0 Å². The number of anilines is 1. The predicted octanol–water partition coefficient (Wildman–Crippen LogP) is 5.36. The van der Waals surface area contributed by atoms with Crippen molar-refractivity contribution < 1.29 is 14.5 Å². The van der Waals surface area contributed by atoms with E-state index in [1.807, 2.05) is 55.5 Å². The van der Waals surface area contributed by atoms with Crippen molar-refractivity contribution in [2.24, 2.45) is 0 Å². The number of hydrogen-bond acceptors (Lipinski definition) is 4. The van der Waals surface area contributed by atoms with E-state index in [1.54, 1.807) is 29.2 Å². The van der Waals surface area contributed by atoms with Crippen LogP contribution in [0.3, 0.4) is 0 Å². The summed E-state index contributed by atoms with van der Waals surface area (Å²) in [6.45, 7) is 3.70. The molecule has 0 radical (unpaired) electrons. The smallest absolute Gasteiger partial charge is 0.276 e. The SMILES string of the molecule is CC(=O)Nc1cccc(C(C)N(Cc2ccccc2)C(=O)/C=C/c2ccccc2[N+](=O)[O-])c1. The maximum absolute atomic E-state index is 13.3. The highest BCUT2D eigenvalue weighted by atomic mass is 16.6. The molecule has 33 heavy (non-hydrogen) atoms. The number of rotatable bonds is 8. The van der Waals surface area contributed by atoms with Crippen LogP contribution in [0, 0.1) is 10.1 Å². The first-order valence-corrected chi connectivity index (χ1v) is 10.5. The van der Waals surface area contributed by atoms with E-state index in [4.69, 9.17) is 0 Å². The Morgan fingerprint density at radius 1 is 1.03 bits per heavy atom. The van der Waals surface area contributed by atoms with E-state index in [0.717, 1.165) is 11.1 Å². The third-order valence-electron chi connectivity index (χ3n) is 5.17. The molecule has 7 heteroatoms. The second-order valence-corrected chi connectivity index (χ2v) is 7.58. The van der Waals surface area contributed by atoms with Crippen molar-refractivity contribution in [2.75, 3.05) is 5.32 Å². The van der Waals surface area contributed by atoms with Crippen LogP contribution in [-0.2, 0) is 16.1 Å². The second kappa shape index (κ2) is 10.9. The predicted molar refractivity (Wildman–Crippen MR) is 128 cm³/mol. The average molecular weight is 444 g/mol. The Balaban J connectivity index is 1.92. The van der Waals surface area contributed by atoms with Crippen molar-refractivity contribution >= 4 is 29.3 Å². The van der Waals surface area contributed by atoms with Gasteiger partial charge in [-0.25, -0.2) is 0 Å². The van der Waals surface area contributed by atoms with E-state index < -0.39 is 4.92 Å². The number of hydrogen-bond donors (Lipinski definition) is 1. The van der Waals surface area contributed by atoms with Gasteiger partial charge in [0.25, 0.3) is 5.69 Å². The highest BCUT2D eigenvalue weighted by Gasteiger charge is 2.21. The first-order chi connectivity index (χ1) is 15.8. The largest absolute Gasteiger partial charge is 0.328 e. The normalized spacial score (nSPS) is 11.7. The Bertz CT molecular complexity index is 1170. The van der Waals surface area contributed by atoms with E-state index in [-0.39, 0.29) is 23.5 Å². The van der Waals surface area contributed by atoms with E-state index in [0.29, 0.717) is 17.8 Å². The lowest BCUT2D eigenvalue weighted by molar-refractivity contribution is -0.385. The van der Waals surface area contributed by atoms with Gasteiger partial charge in [0.15, 0.2) is 0 Å². The molecule has 0 heterocycles. The van der Waals surface area contributed by atoms with Gasteiger partial charge in [-0.3, -0.25) is 19.7 Å². The number of benzene rings is 3. The van der Waals surface area contributed by atoms with Crippen LogP contribution in [0.1, 0.15) is 36.6 Å². The Morgan fingerprint density at radius 2 is 1.73 bits per heavy atom. The first-order valence-electron chi connectivity index (χ1n) is 10.5. The number of nitrogens with one attached hydrogen (secondary N) is 1. The topological polar surface area (TPSA) is 92.6 Å². The third-order valence-corrected chi connectivity index (χ3v) is 5.17. The summed E-state index contributed by atoms with van der Waals surface area (Å²) >= 11 is 0. The van der Waals surface area contributed by atoms with Crippen molar-refractivity contribution in [1.82, 2.24) is 4.90 Å². The molecule has 2 amide bonds.